The molecule has 5 heteroatoms. The van der Waals surface area contributed by atoms with Crippen molar-refractivity contribution in [2.75, 3.05) is 13.2 Å². The summed E-state index contributed by atoms with van der Waals surface area (Å²) in [7, 11) is 0. The van der Waals surface area contributed by atoms with E-state index in [4.69, 9.17) is 4.74 Å². The predicted molar refractivity (Wildman–Crippen MR) is 243 cm³/mol. The third-order valence-corrected chi connectivity index (χ3v) is 9.36. The van der Waals surface area contributed by atoms with Crippen LogP contribution in [-0.2, 0) is 24.0 Å². The summed E-state index contributed by atoms with van der Waals surface area (Å²) in [4.78, 5) is 21.7. The Hall–Kier alpha value is -2.79. The zero-order valence-corrected chi connectivity index (χ0v) is 39.1. The summed E-state index contributed by atoms with van der Waals surface area (Å²) in [5.41, 5.74) is 5.76. The van der Waals surface area contributed by atoms with Crippen LogP contribution in [-0.4, -0.2) is 28.2 Å². The Morgan fingerprint density at radius 1 is 0.554 bits per heavy atom. The number of nitrogens with one attached hydrogen (secondary N) is 1. The highest BCUT2D eigenvalue weighted by Gasteiger charge is 2.21. The molecule has 2 fully saturated rings. The van der Waals surface area contributed by atoms with E-state index in [1.165, 1.54) is 68.9 Å². The first-order chi connectivity index (χ1) is 25.8. The molecule has 0 atom stereocenters. The zero-order chi connectivity index (χ0) is 42.5. The van der Waals surface area contributed by atoms with Gasteiger partial charge < -0.3 is 9.72 Å². The van der Waals surface area contributed by atoms with Crippen LogP contribution in [0.3, 0.4) is 0 Å². The van der Waals surface area contributed by atoms with Crippen molar-refractivity contribution < 1.29 is 4.74 Å². The number of aromatic nitrogens is 3. The maximum absolute atomic E-state index is 10.9. The van der Waals surface area contributed by atoms with E-state index >= 15 is 0 Å². The van der Waals surface area contributed by atoms with E-state index in [0.717, 1.165) is 49.9 Å². The highest BCUT2D eigenvalue weighted by Crippen LogP contribution is 2.34. The Morgan fingerprint density at radius 2 is 0.964 bits per heavy atom. The number of aromatic amines is 1. The van der Waals surface area contributed by atoms with Gasteiger partial charge in [0.25, 0.3) is 0 Å². The molecule has 0 aromatic carbocycles. The first-order valence-electron chi connectivity index (χ1n) is 21.8. The molecular weight excluding hydrogens is 687 g/mol. The van der Waals surface area contributed by atoms with Gasteiger partial charge in [0.1, 0.15) is 0 Å². The predicted octanol–water partition coefficient (Wildman–Crippen LogP) is 14.2. The lowest BCUT2D eigenvalue weighted by Crippen LogP contribution is -2.20. The van der Waals surface area contributed by atoms with Gasteiger partial charge in [-0.2, -0.15) is 0 Å². The topological polar surface area (TPSA) is 67.9 Å². The SMILES string of the molecule is CC(C)(C)CC1CCCCC1.CC(C)(C)CC1CCOCC1.CC(C)(C)Cc1cc[nH]c(=O)c1.CC(C)(C)Cc1cccnc1.CC(C)(C)Cc1cccnc1. The van der Waals surface area contributed by atoms with Crippen molar-refractivity contribution in [2.24, 2.45) is 38.9 Å². The quantitative estimate of drug-likeness (QED) is 0.280. The van der Waals surface area contributed by atoms with Crippen LogP contribution in [0.4, 0.5) is 0 Å². The molecule has 2 aliphatic rings. The number of nitrogens with zero attached hydrogens (tertiary/aromatic N) is 2. The molecule has 0 radical (unpaired) electrons. The summed E-state index contributed by atoms with van der Waals surface area (Å²) >= 11 is 0. The number of hydrogen-bond donors (Lipinski definition) is 1. The normalized spacial score (nSPS) is 15.7. The maximum atomic E-state index is 10.9. The van der Waals surface area contributed by atoms with Gasteiger partial charge in [-0.1, -0.05) is 148 Å². The molecular formula is C51H87N3O2. The molecule has 56 heavy (non-hydrogen) atoms. The van der Waals surface area contributed by atoms with Gasteiger partial charge in [-0.3, -0.25) is 14.8 Å². The van der Waals surface area contributed by atoms with Crippen LogP contribution in [0.5, 0.6) is 0 Å². The molecule has 1 saturated heterocycles. The fraction of sp³-hybridized carbons (Fsp3) is 0.706. The average molecular weight is 774 g/mol. The van der Waals surface area contributed by atoms with E-state index in [2.05, 4.69) is 131 Å². The average Bonchev–Trinajstić information content (AvgIpc) is 3.04. The van der Waals surface area contributed by atoms with Crippen LogP contribution in [0.2, 0.25) is 0 Å². The molecule has 0 amide bonds. The third kappa shape index (κ3) is 31.3. The first-order valence-corrected chi connectivity index (χ1v) is 21.8. The summed E-state index contributed by atoms with van der Waals surface area (Å²) < 4.78 is 5.31. The lowest BCUT2D eigenvalue weighted by atomic mass is 9.78. The van der Waals surface area contributed by atoms with E-state index in [1.54, 1.807) is 12.3 Å². The lowest BCUT2D eigenvalue weighted by molar-refractivity contribution is 0.0532. The van der Waals surface area contributed by atoms with E-state index in [1.807, 2.05) is 43.0 Å². The Balaban J connectivity index is 0.000000350. The summed E-state index contributed by atoms with van der Waals surface area (Å²) in [5.74, 6) is 1.97. The summed E-state index contributed by atoms with van der Waals surface area (Å²) in [6.45, 7) is 35.9. The minimum atomic E-state index is -0.0169. The molecule has 1 N–H and O–H groups in total. The van der Waals surface area contributed by atoms with Crippen molar-refractivity contribution in [3.05, 3.63) is 94.4 Å². The molecule has 5 nitrogen and oxygen atoms in total. The molecule has 1 saturated carbocycles. The first kappa shape index (κ1) is 51.2. The molecule has 3 aromatic rings. The molecule has 5 rings (SSSR count). The van der Waals surface area contributed by atoms with E-state index in [-0.39, 0.29) is 11.0 Å². The number of ether oxygens (including phenoxy) is 1. The van der Waals surface area contributed by atoms with Gasteiger partial charge in [0.2, 0.25) is 5.56 Å². The van der Waals surface area contributed by atoms with Gasteiger partial charge in [0.05, 0.1) is 0 Å². The van der Waals surface area contributed by atoms with Crippen LogP contribution in [0, 0.1) is 38.9 Å². The van der Waals surface area contributed by atoms with Crippen LogP contribution in [0.15, 0.2) is 72.2 Å². The molecule has 318 valence electrons. The van der Waals surface area contributed by atoms with Crippen molar-refractivity contribution in [1.29, 1.82) is 0 Å². The molecule has 0 unspecified atom stereocenters. The fourth-order valence-corrected chi connectivity index (χ4v) is 7.52. The Labute approximate surface area is 346 Å². The maximum Gasteiger partial charge on any atom is 0.248 e. The Kier molecular flexibility index (Phi) is 22.7. The monoisotopic (exact) mass is 774 g/mol. The summed E-state index contributed by atoms with van der Waals surface area (Å²) in [6, 6.07) is 11.8. The van der Waals surface area contributed by atoms with Crippen molar-refractivity contribution in [3.63, 3.8) is 0 Å². The zero-order valence-electron chi connectivity index (χ0n) is 39.1. The number of pyridine rings is 3. The highest BCUT2D eigenvalue weighted by molar-refractivity contribution is 5.12. The van der Waals surface area contributed by atoms with Crippen molar-refractivity contribution in [3.8, 4) is 0 Å². The molecule has 3 aromatic heterocycles. The van der Waals surface area contributed by atoms with Crippen molar-refractivity contribution >= 4 is 0 Å². The third-order valence-electron chi connectivity index (χ3n) is 9.36. The number of H-pyrrole nitrogens is 1. The van der Waals surface area contributed by atoms with Crippen LogP contribution < -0.4 is 5.56 Å². The van der Waals surface area contributed by atoms with Gasteiger partial charge in [-0.05, 0) is 119 Å². The molecule has 1 aliphatic carbocycles. The van der Waals surface area contributed by atoms with Crippen LogP contribution in [0.25, 0.3) is 0 Å². The fourth-order valence-electron chi connectivity index (χ4n) is 7.52. The van der Waals surface area contributed by atoms with Crippen molar-refractivity contribution in [1.82, 2.24) is 15.0 Å². The standard InChI is InChI=1S/C11H22.C10H15NO.2C10H15N.C10H20O/c1-11(2,3)9-10-7-5-4-6-8-10;1-10(2,3)7-8-4-5-11-9(12)6-8;2*1-10(2,3)7-9-5-4-6-11-8-9;1-10(2,3)8-9-4-6-11-7-5-9/h10H,4-9H2,1-3H3;4-6H,7H2,1-3H3,(H,11,12);2*4-6,8H,7H2,1-3H3;9H,4-8H2,1-3H3. The molecule has 1 aliphatic heterocycles. The highest BCUT2D eigenvalue weighted by atomic mass is 16.5. The molecule has 4 heterocycles. The minimum absolute atomic E-state index is 0.0169. The number of hydrogen-bond acceptors (Lipinski definition) is 4. The Morgan fingerprint density at radius 3 is 1.32 bits per heavy atom. The van der Waals surface area contributed by atoms with E-state index < -0.39 is 0 Å². The smallest absolute Gasteiger partial charge is 0.248 e. The lowest BCUT2D eigenvalue weighted by Gasteiger charge is -2.28. The Bertz CT molecular complexity index is 1370. The number of rotatable bonds is 5. The van der Waals surface area contributed by atoms with Gasteiger partial charge >= 0.3 is 0 Å². The second-order valence-corrected chi connectivity index (χ2v) is 22.6. The second kappa shape index (κ2) is 24.9. The van der Waals surface area contributed by atoms with E-state index in [9.17, 15) is 4.79 Å². The van der Waals surface area contributed by atoms with Gasteiger partial charge in [0.15, 0.2) is 0 Å². The van der Waals surface area contributed by atoms with Crippen LogP contribution in [0.1, 0.15) is 178 Å². The molecule has 0 bridgehead atoms. The van der Waals surface area contributed by atoms with E-state index in [0.29, 0.717) is 21.7 Å². The van der Waals surface area contributed by atoms with Gasteiger partial charge in [-0.25, -0.2) is 0 Å². The van der Waals surface area contributed by atoms with Crippen LogP contribution >= 0.6 is 0 Å². The summed E-state index contributed by atoms with van der Waals surface area (Å²) in [6.07, 6.45) is 25.1. The van der Waals surface area contributed by atoms with Crippen molar-refractivity contribution in [2.45, 2.75) is 181 Å². The molecule has 0 spiro atoms. The van der Waals surface area contributed by atoms with Gasteiger partial charge in [0, 0.05) is 50.3 Å². The minimum Gasteiger partial charge on any atom is -0.381 e. The second-order valence-electron chi connectivity index (χ2n) is 22.6. The largest absolute Gasteiger partial charge is 0.381 e. The van der Waals surface area contributed by atoms with Gasteiger partial charge in [-0.15, -0.1) is 0 Å². The summed E-state index contributed by atoms with van der Waals surface area (Å²) in [5, 5.41) is 0.